The van der Waals surface area contributed by atoms with Gasteiger partial charge in [-0.3, -0.25) is 13.6 Å². The molecule has 0 unspecified atom stereocenters. The Morgan fingerprint density at radius 2 is 1.96 bits per heavy atom. The number of piperazine rings is 1. The van der Waals surface area contributed by atoms with Crippen molar-refractivity contribution in [3.8, 4) is 0 Å². The summed E-state index contributed by atoms with van der Waals surface area (Å²) in [6.45, 7) is 4.06. The molecule has 0 aromatic carbocycles. The molecular weight excluding hydrogens is 363 g/mol. The minimum Gasteiger partial charge on any atom is -0.354 e. The van der Waals surface area contributed by atoms with Gasteiger partial charge in [0, 0.05) is 38.6 Å². The van der Waals surface area contributed by atoms with Crippen LogP contribution in [-0.2, 0) is 0 Å². The predicted octanol–water partition coefficient (Wildman–Crippen LogP) is 1.18. The fraction of sp³-hybridized carbons (Fsp3) is 0.278. The van der Waals surface area contributed by atoms with Gasteiger partial charge in [-0.15, -0.1) is 10.2 Å². The van der Waals surface area contributed by atoms with Crippen LogP contribution in [0.4, 0.5) is 10.2 Å². The molecule has 5 heterocycles. The van der Waals surface area contributed by atoms with Crippen molar-refractivity contribution in [2.75, 3.05) is 31.1 Å². The van der Waals surface area contributed by atoms with Gasteiger partial charge < -0.3 is 9.80 Å². The number of imidazole rings is 1. The number of aromatic nitrogens is 6. The summed E-state index contributed by atoms with van der Waals surface area (Å²) in [5.41, 5.74) is 1.26. The molecule has 4 aromatic rings. The first-order valence-corrected chi connectivity index (χ1v) is 8.95. The van der Waals surface area contributed by atoms with Gasteiger partial charge in [0.05, 0.1) is 0 Å². The molecule has 142 valence electrons. The molecule has 1 aliphatic heterocycles. The van der Waals surface area contributed by atoms with E-state index in [1.165, 1.54) is 4.40 Å². The fourth-order valence-corrected chi connectivity index (χ4v) is 3.53. The molecule has 0 bridgehead atoms. The molecular formula is C18H17FN8O. The maximum absolute atomic E-state index is 14.7. The lowest BCUT2D eigenvalue weighted by atomic mass is 10.2. The van der Waals surface area contributed by atoms with Crippen molar-refractivity contribution in [3.63, 3.8) is 0 Å². The molecule has 0 saturated carbocycles. The van der Waals surface area contributed by atoms with E-state index in [1.54, 1.807) is 35.8 Å². The standard InChI is InChI=1S/C18H17FN8O/c1-12-3-5-26-13(10-12)22-15(16(26)19)17(28)25-8-6-24(7-9-25)14-2-4-20-18-23-21-11-27(14)18/h2-5,10-11H,6-9H2,1H3. The van der Waals surface area contributed by atoms with E-state index in [1.807, 2.05) is 17.4 Å². The van der Waals surface area contributed by atoms with Crippen molar-refractivity contribution in [1.29, 1.82) is 0 Å². The number of halogens is 1. The Labute approximate surface area is 159 Å². The quantitative estimate of drug-likeness (QED) is 0.519. The third kappa shape index (κ3) is 2.56. The Morgan fingerprint density at radius 1 is 1.14 bits per heavy atom. The number of anilines is 1. The first-order chi connectivity index (χ1) is 13.6. The number of fused-ring (bicyclic) bond motifs is 2. The van der Waals surface area contributed by atoms with Crippen LogP contribution < -0.4 is 4.90 Å². The van der Waals surface area contributed by atoms with Crippen molar-refractivity contribution < 1.29 is 9.18 Å². The normalized spacial score (nSPS) is 14.9. The van der Waals surface area contributed by atoms with E-state index in [0.29, 0.717) is 37.6 Å². The zero-order valence-corrected chi connectivity index (χ0v) is 15.2. The topological polar surface area (TPSA) is 83.9 Å². The molecule has 1 fully saturated rings. The van der Waals surface area contributed by atoms with Gasteiger partial charge in [-0.25, -0.2) is 9.97 Å². The third-order valence-electron chi connectivity index (χ3n) is 5.01. The van der Waals surface area contributed by atoms with Crippen LogP contribution in [0, 0.1) is 12.9 Å². The number of rotatable bonds is 2. The molecule has 0 atom stereocenters. The lowest BCUT2D eigenvalue weighted by Gasteiger charge is -2.35. The van der Waals surface area contributed by atoms with Crippen molar-refractivity contribution in [3.05, 3.63) is 54.1 Å². The Balaban J connectivity index is 1.36. The number of nitrogens with zero attached hydrogens (tertiary/aromatic N) is 8. The summed E-state index contributed by atoms with van der Waals surface area (Å²) < 4.78 is 17.8. The van der Waals surface area contributed by atoms with Gasteiger partial charge >= 0.3 is 0 Å². The fourth-order valence-electron chi connectivity index (χ4n) is 3.53. The van der Waals surface area contributed by atoms with Crippen LogP contribution >= 0.6 is 0 Å². The molecule has 4 aromatic heterocycles. The molecule has 1 aliphatic rings. The average molecular weight is 380 g/mol. The van der Waals surface area contributed by atoms with E-state index in [2.05, 4.69) is 25.1 Å². The Kier molecular flexibility index (Phi) is 3.71. The Bertz CT molecular complexity index is 1190. The van der Waals surface area contributed by atoms with Gasteiger partial charge in [-0.2, -0.15) is 4.39 Å². The number of carbonyl (C=O) groups excluding carboxylic acids is 1. The van der Waals surface area contributed by atoms with Crippen LogP contribution in [0.5, 0.6) is 0 Å². The third-order valence-corrected chi connectivity index (χ3v) is 5.01. The first-order valence-electron chi connectivity index (χ1n) is 8.95. The summed E-state index contributed by atoms with van der Waals surface area (Å²) in [5, 5.41) is 7.84. The van der Waals surface area contributed by atoms with E-state index in [4.69, 9.17) is 0 Å². The number of aryl methyl sites for hydroxylation is 1. The zero-order valence-electron chi connectivity index (χ0n) is 15.2. The maximum atomic E-state index is 14.7. The van der Waals surface area contributed by atoms with Crippen LogP contribution in [0.1, 0.15) is 16.1 Å². The number of hydrogen-bond donors (Lipinski definition) is 0. The van der Waals surface area contributed by atoms with Crippen LogP contribution in [0.15, 0.2) is 36.9 Å². The highest BCUT2D eigenvalue weighted by Gasteiger charge is 2.28. The van der Waals surface area contributed by atoms with E-state index < -0.39 is 5.95 Å². The first kappa shape index (κ1) is 16.6. The molecule has 0 radical (unpaired) electrons. The molecule has 10 heteroatoms. The van der Waals surface area contributed by atoms with E-state index in [9.17, 15) is 9.18 Å². The molecule has 0 N–H and O–H groups in total. The smallest absolute Gasteiger partial charge is 0.277 e. The van der Waals surface area contributed by atoms with Crippen LogP contribution in [0.25, 0.3) is 11.4 Å². The highest BCUT2D eigenvalue weighted by molar-refractivity contribution is 5.93. The maximum Gasteiger partial charge on any atom is 0.277 e. The second-order valence-corrected chi connectivity index (χ2v) is 6.77. The van der Waals surface area contributed by atoms with Crippen LogP contribution in [0.3, 0.4) is 0 Å². The molecule has 5 rings (SSSR count). The van der Waals surface area contributed by atoms with Crippen molar-refractivity contribution in [2.24, 2.45) is 0 Å². The van der Waals surface area contributed by atoms with Crippen molar-refractivity contribution >= 4 is 23.1 Å². The monoisotopic (exact) mass is 380 g/mol. The largest absolute Gasteiger partial charge is 0.354 e. The lowest BCUT2D eigenvalue weighted by molar-refractivity contribution is 0.0736. The number of pyridine rings is 1. The number of carbonyl (C=O) groups is 1. The summed E-state index contributed by atoms with van der Waals surface area (Å²) in [6, 6.07) is 5.43. The molecule has 0 aliphatic carbocycles. The van der Waals surface area contributed by atoms with E-state index >= 15 is 0 Å². The summed E-state index contributed by atoms with van der Waals surface area (Å²) in [4.78, 5) is 25.0. The summed E-state index contributed by atoms with van der Waals surface area (Å²) in [7, 11) is 0. The van der Waals surface area contributed by atoms with Crippen molar-refractivity contribution in [1.82, 2.24) is 33.9 Å². The van der Waals surface area contributed by atoms with E-state index in [-0.39, 0.29) is 11.6 Å². The van der Waals surface area contributed by atoms with Gasteiger partial charge in [-0.1, -0.05) is 0 Å². The molecule has 9 nitrogen and oxygen atoms in total. The van der Waals surface area contributed by atoms with Crippen LogP contribution in [0.2, 0.25) is 0 Å². The highest BCUT2D eigenvalue weighted by Crippen LogP contribution is 2.19. The minimum absolute atomic E-state index is 0.135. The van der Waals surface area contributed by atoms with Crippen LogP contribution in [-0.4, -0.2) is 66.0 Å². The summed E-state index contributed by atoms with van der Waals surface area (Å²) in [5.74, 6) is 0.431. The predicted molar refractivity (Wildman–Crippen MR) is 98.8 cm³/mol. The van der Waals surface area contributed by atoms with Gasteiger partial charge in [0.15, 0.2) is 5.69 Å². The van der Waals surface area contributed by atoms with Gasteiger partial charge in [0.25, 0.3) is 11.7 Å². The zero-order chi connectivity index (χ0) is 19.3. The Hall–Kier alpha value is -3.56. The molecule has 28 heavy (non-hydrogen) atoms. The van der Waals surface area contributed by atoms with Gasteiger partial charge in [-0.05, 0) is 30.7 Å². The second kappa shape index (κ2) is 6.25. The van der Waals surface area contributed by atoms with Gasteiger partial charge in [0.1, 0.15) is 17.8 Å². The lowest BCUT2D eigenvalue weighted by Crippen LogP contribution is -2.49. The summed E-state index contributed by atoms with van der Waals surface area (Å²) >= 11 is 0. The number of amides is 1. The molecule has 1 amide bonds. The number of hydrogen-bond acceptors (Lipinski definition) is 6. The van der Waals surface area contributed by atoms with E-state index in [0.717, 1.165) is 11.4 Å². The Morgan fingerprint density at radius 3 is 2.79 bits per heavy atom. The summed E-state index contributed by atoms with van der Waals surface area (Å²) in [6.07, 6.45) is 4.89. The molecule has 0 spiro atoms. The SMILES string of the molecule is Cc1ccn2c(F)c(C(=O)N3CCN(c4ccnc5nncn45)CC3)nc2c1. The molecule has 1 saturated heterocycles. The van der Waals surface area contributed by atoms with Crippen molar-refractivity contribution in [2.45, 2.75) is 6.92 Å². The van der Waals surface area contributed by atoms with Gasteiger partial charge in [0.2, 0.25) is 5.95 Å². The second-order valence-electron chi connectivity index (χ2n) is 6.77. The highest BCUT2D eigenvalue weighted by atomic mass is 19.1. The minimum atomic E-state index is -0.622. The average Bonchev–Trinajstić information content (AvgIpc) is 3.32.